The number of aliphatic hydroxyl groups is 1. The first-order chi connectivity index (χ1) is 9.26. The second kappa shape index (κ2) is 6.93. The lowest BCUT2D eigenvalue weighted by atomic mass is 9.93. The van der Waals surface area contributed by atoms with Crippen LogP contribution in [0.4, 0.5) is 5.69 Å². The van der Waals surface area contributed by atoms with Crippen molar-refractivity contribution in [3.05, 3.63) is 28.2 Å². The zero-order chi connectivity index (χ0) is 13.7. The molecule has 0 atom stereocenters. The molecule has 0 unspecified atom stereocenters. The molecule has 19 heavy (non-hydrogen) atoms. The zero-order valence-electron chi connectivity index (χ0n) is 11.0. The monoisotopic (exact) mass is 322 g/mol. The Hall–Kier alpha value is -1.05. The predicted molar refractivity (Wildman–Crippen MR) is 80.2 cm³/mol. The summed E-state index contributed by atoms with van der Waals surface area (Å²) < 4.78 is 0.972. The Kier molecular flexibility index (Phi) is 5.24. The van der Waals surface area contributed by atoms with E-state index in [4.69, 9.17) is 0 Å². The number of nitriles is 1. The number of benzene rings is 1. The van der Waals surface area contributed by atoms with Crippen LogP contribution in [0.2, 0.25) is 0 Å². The highest BCUT2D eigenvalue weighted by Gasteiger charge is 2.23. The first-order valence-corrected chi connectivity index (χ1v) is 7.62. The van der Waals surface area contributed by atoms with Crippen molar-refractivity contribution in [1.29, 1.82) is 5.26 Å². The van der Waals surface area contributed by atoms with Crippen molar-refractivity contribution in [2.24, 2.45) is 0 Å². The van der Waals surface area contributed by atoms with Crippen LogP contribution in [-0.4, -0.2) is 24.3 Å². The average molecular weight is 323 g/mol. The largest absolute Gasteiger partial charge is 0.395 e. The average Bonchev–Trinajstić information content (AvgIpc) is 2.45. The SMILES string of the molecule is N#Cc1ccc(Br)cc1N(CCO)C1CCCCC1. The number of aliphatic hydroxyl groups excluding tert-OH is 1. The Morgan fingerprint density at radius 3 is 2.68 bits per heavy atom. The lowest BCUT2D eigenvalue weighted by Gasteiger charge is -2.36. The number of rotatable bonds is 4. The molecule has 3 nitrogen and oxygen atoms in total. The smallest absolute Gasteiger partial charge is 0.101 e. The lowest BCUT2D eigenvalue weighted by molar-refractivity contribution is 0.290. The molecule has 1 fully saturated rings. The molecule has 0 radical (unpaired) electrons. The molecule has 2 rings (SSSR count). The highest BCUT2D eigenvalue weighted by atomic mass is 79.9. The molecular weight excluding hydrogens is 304 g/mol. The molecule has 0 heterocycles. The van der Waals surface area contributed by atoms with Crippen molar-refractivity contribution in [3.8, 4) is 6.07 Å². The summed E-state index contributed by atoms with van der Waals surface area (Å²) in [6.45, 7) is 0.712. The van der Waals surface area contributed by atoms with Crippen LogP contribution in [0.1, 0.15) is 37.7 Å². The Bertz CT molecular complexity index is 464. The summed E-state index contributed by atoms with van der Waals surface area (Å²) in [5.41, 5.74) is 1.63. The third-order valence-electron chi connectivity index (χ3n) is 3.75. The van der Waals surface area contributed by atoms with Gasteiger partial charge in [0.25, 0.3) is 0 Å². The molecule has 0 aliphatic heterocycles. The molecule has 4 heteroatoms. The van der Waals surface area contributed by atoms with E-state index in [0.717, 1.165) is 23.0 Å². The van der Waals surface area contributed by atoms with Crippen LogP contribution in [0, 0.1) is 11.3 Å². The number of hydrogen-bond donors (Lipinski definition) is 1. The van der Waals surface area contributed by atoms with Crippen molar-refractivity contribution in [3.63, 3.8) is 0 Å². The van der Waals surface area contributed by atoms with Crippen molar-refractivity contribution >= 4 is 21.6 Å². The van der Waals surface area contributed by atoms with Gasteiger partial charge in [0.05, 0.1) is 17.9 Å². The van der Waals surface area contributed by atoms with Crippen LogP contribution in [0.25, 0.3) is 0 Å². The van der Waals surface area contributed by atoms with E-state index in [1.54, 1.807) is 0 Å². The Morgan fingerprint density at radius 2 is 2.05 bits per heavy atom. The Balaban J connectivity index is 2.32. The molecule has 1 aliphatic rings. The molecule has 0 bridgehead atoms. The normalized spacial score (nSPS) is 16.1. The van der Waals surface area contributed by atoms with Crippen LogP contribution in [0.3, 0.4) is 0 Å². The molecule has 0 amide bonds. The van der Waals surface area contributed by atoms with Gasteiger partial charge in [-0.2, -0.15) is 5.26 Å². The van der Waals surface area contributed by atoms with Crippen LogP contribution in [-0.2, 0) is 0 Å². The topological polar surface area (TPSA) is 47.3 Å². The number of halogens is 1. The fourth-order valence-corrected chi connectivity index (χ4v) is 3.19. The Labute approximate surface area is 123 Å². The highest BCUT2D eigenvalue weighted by Crippen LogP contribution is 2.31. The summed E-state index contributed by atoms with van der Waals surface area (Å²) in [5.74, 6) is 0. The van der Waals surface area contributed by atoms with Gasteiger partial charge in [-0.3, -0.25) is 0 Å². The second-order valence-corrected chi connectivity index (χ2v) is 5.90. The van der Waals surface area contributed by atoms with E-state index < -0.39 is 0 Å². The highest BCUT2D eigenvalue weighted by molar-refractivity contribution is 9.10. The van der Waals surface area contributed by atoms with E-state index in [0.29, 0.717) is 18.2 Å². The van der Waals surface area contributed by atoms with Gasteiger partial charge in [-0.15, -0.1) is 0 Å². The van der Waals surface area contributed by atoms with Gasteiger partial charge in [0, 0.05) is 17.1 Å². The van der Waals surface area contributed by atoms with Crippen LogP contribution in [0.5, 0.6) is 0 Å². The minimum atomic E-state index is 0.119. The minimum absolute atomic E-state index is 0.119. The molecule has 0 spiro atoms. The summed E-state index contributed by atoms with van der Waals surface area (Å²) in [6.07, 6.45) is 6.08. The van der Waals surface area contributed by atoms with E-state index >= 15 is 0 Å². The van der Waals surface area contributed by atoms with Crippen LogP contribution >= 0.6 is 15.9 Å². The molecule has 1 aromatic rings. The molecule has 1 aromatic carbocycles. The van der Waals surface area contributed by atoms with E-state index in [1.807, 2.05) is 18.2 Å². The number of nitrogens with zero attached hydrogens (tertiary/aromatic N) is 2. The molecule has 102 valence electrons. The first kappa shape index (κ1) is 14.4. The quantitative estimate of drug-likeness (QED) is 0.923. The molecule has 1 saturated carbocycles. The first-order valence-electron chi connectivity index (χ1n) is 6.83. The van der Waals surface area contributed by atoms with E-state index in [2.05, 4.69) is 26.9 Å². The van der Waals surface area contributed by atoms with Crippen molar-refractivity contribution in [2.75, 3.05) is 18.1 Å². The van der Waals surface area contributed by atoms with Crippen molar-refractivity contribution in [1.82, 2.24) is 0 Å². The van der Waals surface area contributed by atoms with Gasteiger partial charge >= 0.3 is 0 Å². The second-order valence-electron chi connectivity index (χ2n) is 4.98. The van der Waals surface area contributed by atoms with Gasteiger partial charge < -0.3 is 10.0 Å². The van der Waals surface area contributed by atoms with Crippen LogP contribution in [0.15, 0.2) is 22.7 Å². The minimum Gasteiger partial charge on any atom is -0.395 e. The maximum absolute atomic E-state index is 9.33. The Morgan fingerprint density at radius 1 is 1.32 bits per heavy atom. The standard InChI is InChI=1S/C15H19BrN2O/c16-13-7-6-12(11-17)15(10-13)18(8-9-19)14-4-2-1-3-5-14/h6-7,10,14,19H,1-5,8-9H2. The molecular formula is C15H19BrN2O. The van der Waals surface area contributed by atoms with E-state index in [-0.39, 0.29) is 6.61 Å². The molecule has 0 saturated heterocycles. The molecule has 1 aliphatic carbocycles. The summed E-state index contributed by atoms with van der Waals surface area (Å²) >= 11 is 3.47. The third-order valence-corrected chi connectivity index (χ3v) is 4.24. The van der Waals surface area contributed by atoms with E-state index in [9.17, 15) is 10.4 Å². The fourth-order valence-electron chi connectivity index (χ4n) is 2.84. The maximum Gasteiger partial charge on any atom is 0.101 e. The van der Waals surface area contributed by atoms with Gasteiger partial charge in [0.2, 0.25) is 0 Å². The number of anilines is 1. The third kappa shape index (κ3) is 3.49. The van der Waals surface area contributed by atoms with Gasteiger partial charge in [0.1, 0.15) is 6.07 Å². The molecule has 0 aromatic heterocycles. The summed E-state index contributed by atoms with van der Waals surface area (Å²) in [4.78, 5) is 2.21. The molecule has 1 N–H and O–H groups in total. The van der Waals surface area contributed by atoms with Crippen molar-refractivity contribution in [2.45, 2.75) is 38.1 Å². The van der Waals surface area contributed by atoms with Gasteiger partial charge in [-0.1, -0.05) is 35.2 Å². The summed E-state index contributed by atoms with van der Waals surface area (Å²) in [6, 6.07) is 8.42. The lowest BCUT2D eigenvalue weighted by Crippen LogP contribution is -2.39. The zero-order valence-corrected chi connectivity index (χ0v) is 12.6. The summed E-state index contributed by atoms with van der Waals surface area (Å²) in [7, 11) is 0. The van der Waals surface area contributed by atoms with Crippen LogP contribution < -0.4 is 4.90 Å². The predicted octanol–water partition coefficient (Wildman–Crippen LogP) is 3.45. The fraction of sp³-hybridized carbons (Fsp3) is 0.533. The van der Waals surface area contributed by atoms with Gasteiger partial charge in [-0.05, 0) is 31.0 Å². The number of hydrogen-bond acceptors (Lipinski definition) is 3. The van der Waals surface area contributed by atoms with E-state index in [1.165, 1.54) is 19.3 Å². The van der Waals surface area contributed by atoms with Gasteiger partial charge in [0.15, 0.2) is 0 Å². The van der Waals surface area contributed by atoms with Gasteiger partial charge in [-0.25, -0.2) is 0 Å². The summed E-state index contributed by atoms with van der Waals surface area (Å²) in [5, 5.41) is 18.6. The van der Waals surface area contributed by atoms with Crippen molar-refractivity contribution < 1.29 is 5.11 Å². The maximum atomic E-state index is 9.33.